The Kier molecular flexibility index (Phi) is 4.42. The van der Waals surface area contributed by atoms with Crippen LogP contribution in [0.2, 0.25) is 5.02 Å². The number of likely N-dealkylation sites (tertiary alicyclic amines) is 1. The van der Waals surface area contributed by atoms with E-state index in [0.717, 1.165) is 42.2 Å². The van der Waals surface area contributed by atoms with Crippen LogP contribution in [0.3, 0.4) is 0 Å². The summed E-state index contributed by atoms with van der Waals surface area (Å²) in [5.41, 5.74) is 4.93. The summed E-state index contributed by atoms with van der Waals surface area (Å²) in [6.45, 7) is 8.85. The molecular weight excluding hydrogens is 326 g/mol. The maximum atomic E-state index is 12.9. The Morgan fingerprint density at radius 2 is 1.88 bits per heavy atom. The molecule has 1 fully saturated rings. The van der Waals surface area contributed by atoms with Crippen LogP contribution in [0.1, 0.15) is 47.2 Å². The highest BCUT2D eigenvalue weighted by Crippen LogP contribution is 2.35. The molecule has 3 heterocycles. The lowest BCUT2D eigenvalue weighted by molar-refractivity contribution is -0.133. The van der Waals surface area contributed by atoms with Gasteiger partial charge in [0.05, 0.1) is 28.1 Å². The van der Waals surface area contributed by atoms with Gasteiger partial charge >= 0.3 is 0 Å². The molecule has 1 aliphatic heterocycles. The number of carbonyl (C=O) groups excluding carboxylic acids is 1. The average Bonchev–Trinajstić information content (AvgIpc) is 3.15. The predicted octanol–water partition coefficient (Wildman–Crippen LogP) is 2.87. The summed E-state index contributed by atoms with van der Waals surface area (Å²) in [7, 11) is 1.95. The second-order valence-electron chi connectivity index (χ2n) is 6.60. The first-order valence-electron chi connectivity index (χ1n) is 8.30. The summed E-state index contributed by atoms with van der Waals surface area (Å²) in [5, 5.41) is 9.52. The minimum atomic E-state index is 0.0856. The number of nitrogens with zero attached hydrogens (tertiary/aromatic N) is 5. The quantitative estimate of drug-likeness (QED) is 0.856. The van der Waals surface area contributed by atoms with Crippen LogP contribution < -0.4 is 0 Å². The normalized spacial score (nSPS) is 17.8. The fourth-order valence-electron chi connectivity index (χ4n) is 3.69. The number of amides is 1. The third-order valence-corrected chi connectivity index (χ3v) is 5.60. The Hall–Kier alpha value is -1.82. The maximum Gasteiger partial charge on any atom is 0.244 e. The Morgan fingerprint density at radius 1 is 1.17 bits per heavy atom. The van der Waals surface area contributed by atoms with Crippen molar-refractivity contribution in [1.29, 1.82) is 0 Å². The third-order valence-electron chi connectivity index (χ3n) is 5.05. The first-order valence-corrected chi connectivity index (χ1v) is 8.68. The van der Waals surface area contributed by atoms with Gasteiger partial charge in [0, 0.05) is 24.8 Å². The van der Waals surface area contributed by atoms with E-state index < -0.39 is 0 Å². The number of aromatic nitrogens is 4. The van der Waals surface area contributed by atoms with E-state index in [-0.39, 0.29) is 18.5 Å². The zero-order chi connectivity index (χ0) is 17.6. The lowest BCUT2D eigenvalue weighted by Crippen LogP contribution is -2.34. The number of rotatable bonds is 3. The van der Waals surface area contributed by atoms with Gasteiger partial charge in [-0.1, -0.05) is 11.6 Å². The molecular formula is C17H24ClN5O. The zero-order valence-corrected chi connectivity index (χ0v) is 15.7. The Balaban J connectivity index is 1.85. The van der Waals surface area contributed by atoms with E-state index in [0.29, 0.717) is 5.02 Å². The van der Waals surface area contributed by atoms with Gasteiger partial charge in [0.2, 0.25) is 5.91 Å². The molecule has 0 N–H and O–H groups in total. The number of halogens is 1. The second kappa shape index (κ2) is 6.24. The van der Waals surface area contributed by atoms with Crippen LogP contribution in [0, 0.1) is 27.7 Å². The van der Waals surface area contributed by atoms with Crippen LogP contribution in [-0.2, 0) is 18.4 Å². The van der Waals surface area contributed by atoms with Gasteiger partial charge in [0.1, 0.15) is 6.54 Å². The van der Waals surface area contributed by atoms with Crippen LogP contribution in [0.15, 0.2) is 0 Å². The van der Waals surface area contributed by atoms with E-state index in [1.807, 2.05) is 37.4 Å². The SMILES string of the molecule is Cc1nn(CC(=O)N2CCCC2c2c(C)nn(C)c2C)c(C)c1Cl. The Bertz CT molecular complexity index is 791. The van der Waals surface area contributed by atoms with Crippen LogP contribution >= 0.6 is 11.6 Å². The molecule has 2 aromatic heterocycles. The Morgan fingerprint density at radius 3 is 2.42 bits per heavy atom. The largest absolute Gasteiger partial charge is 0.334 e. The van der Waals surface area contributed by atoms with E-state index in [4.69, 9.17) is 11.6 Å². The van der Waals surface area contributed by atoms with Gasteiger partial charge in [-0.3, -0.25) is 14.2 Å². The van der Waals surface area contributed by atoms with Gasteiger partial charge in [-0.05, 0) is 40.5 Å². The molecule has 1 aliphatic rings. The molecule has 3 rings (SSSR count). The number of hydrogen-bond acceptors (Lipinski definition) is 3. The van der Waals surface area contributed by atoms with E-state index in [1.54, 1.807) is 4.68 Å². The van der Waals surface area contributed by atoms with Gasteiger partial charge in [0.15, 0.2) is 0 Å². The van der Waals surface area contributed by atoms with Gasteiger partial charge in [-0.25, -0.2) is 0 Å². The fraction of sp³-hybridized carbons (Fsp3) is 0.588. The molecule has 0 radical (unpaired) electrons. The molecule has 1 saturated heterocycles. The Labute approximate surface area is 147 Å². The van der Waals surface area contributed by atoms with Crippen molar-refractivity contribution in [2.24, 2.45) is 7.05 Å². The summed E-state index contributed by atoms with van der Waals surface area (Å²) >= 11 is 6.19. The van der Waals surface area contributed by atoms with E-state index in [9.17, 15) is 4.79 Å². The number of hydrogen-bond donors (Lipinski definition) is 0. The topological polar surface area (TPSA) is 56.0 Å². The number of carbonyl (C=O) groups is 1. The molecule has 0 spiro atoms. The van der Waals surface area contributed by atoms with E-state index >= 15 is 0 Å². The monoisotopic (exact) mass is 349 g/mol. The molecule has 0 saturated carbocycles. The molecule has 6 nitrogen and oxygen atoms in total. The van der Waals surface area contributed by atoms with Crippen molar-refractivity contribution in [2.75, 3.05) is 6.54 Å². The third kappa shape index (κ3) is 2.73. The van der Waals surface area contributed by atoms with Crippen molar-refractivity contribution in [3.8, 4) is 0 Å². The summed E-state index contributed by atoms with van der Waals surface area (Å²) < 4.78 is 3.60. The van der Waals surface area contributed by atoms with Crippen molar-refractivity contribution in [3.05, 3.63) is 33.4 Å². The molecule has 0 aliphatic carbocycles. The van der Waals surface area contributed by atoms with Crippen molar-refractivity contribution >= 4 is 17.5 Å². The highest BCUT2D eigenvalue weighted by Gasteiger charge is 2.33. The molecule has 2 aromatic rings. The van der Waals surface area contributed by atoms with Gasteiger partial charge in [-0.15, -0.1) is 0 Å². The van der Waals surface area contributed by atoms with Crippen LogP contribution in [0.25, 0.3) is 0 Å². The molecule has 130 valence electrons. The van der Waals surface area contributed by atoms with Gasteiger partial charge in [0.25, 0.3) is 0 Å². The lowest BCUT2D eigenvalue weighted by Gasteiger charge is -2.25. The maximum absolute atomic E-state index is 12.9. The lowest BCUT2D eigenvalue weighted by atomic mass is 10.0. The molecule has 24 heavy (non-hydrogen) atoms. The van der Waals surface area contributed by atoms with Crippen LogP contribution in [-0.4, -0.2) is 36.9 Å². The molecule has 1 unspecified atom stereocenters. The zero-order valence-electron chi connectivity index (χ0n) is 14.9. The molecule has 0 bridgehead atoms. The first-order chi connectivity index (χ1) is 11.3. The van der Waals surface area contributed by atoms with Crippen LogP contribution in [0.5, 0.6) is 0 Å². The smallest absolute Gasteiger partial charge is 0.244 e. The molecule has 1 atom stereocenters. The molecule has 1 amide bonds. The average molecular weight is 350 g/mol. The summed E-state index contributed by atoms with van der Waals surface area (Å²) in [4.78, 5) is 14.9. The highest BCUT2D eigenvalue weighted by molar-refractivity contribution is 6.31. The first kappa shape index (κ1) is 17.0. The minimum Gasteiger partial charge on any atom is -0.334 e. The van der Waals surface area contributed by atoms with Crippen molar-refractivity contribution in [3.63, 3.8) is 0 Å². The molecule has 0 aromatic carbocycles. The van der Waals surface area contributed by atoms with Crippen molar-refractivity contribution in [1.82, 2.24) is 24.5 Å². The molecule has 7 heteroatoms. The van der Waals surface area contributed by atoms with E-state index in [1.165, 1.54) is 5.56 Å². The summed E-state index contributed by atoms with van der Waals surface area (Å²) in [6.07, 6.45) is 2.00. The number of aryl methyl sites for hydroxylation is 3. The minimum absolute atomic E-state index is 0.0856. The van der Waals surface area contributed by atoms with Gasteiger partial charge < -0.3 is 4.90 Å². The van der Waals surface area contributed by atoms with Gasteiger partial charge in [-0.2, -0.15) is 10.2 Å². The standard InChI is InChI=1S/C17H24ClN5O/c1-10-16(12(3)21(5)19-10)14-7-6-8-22(14)15(24)9-23-13(4)17(18)11(2)20-23/h14H,6-9H2,1-5H3. The predicted molar refractivity (Wildman–Crippen MR) is 93.1 cm³/mol. The second-order valence-corrected chi connectivity index (χ2v) is 6.97. The fourth-order valence-corrected chi connectivity index (χ4v) is 3.82. The summed E-state index contributed by atoms with van der Waals surface area (Å²) in [5.74, 6) is 0.0856. The van der Waals surface area contributed by atoms with E-state index in [2.05, 4.69) is 17.1 Å². The highest BCUT2D eigenvalue weighted by atomic mass is 35.5. The van der Waals surface area contributed by atoms with Crippen molar-refractivity contribution < 1.29 is 4.79 Å². The van der Waals surface area contributed by atoms with Crippen LogP contribution in [0.4, 0.5) is 0 Å². The summed E-state index contributed by atoms with van der Waals surface area (Å²) in [6, 6.07) is 0.110. The van der Waals surface area contributed by atoms with Crippen molar-refractivity contribution in [2.45, 2.75) is 53.1 Å².